The van der Waals surface area contributed by atoms with Crippen LogP contribution in [0.15, 0.2) is 24.3 Å². The lowest BCUT2D eigenvalue weighted by atomic mass is 10.1. The van der Waals surface area contributed by atoms with E-state index in [0.29, 0.717) is 44.2 Å². The van der Waals surface area contributed by atoms with Crippen LogP contribution in [-0.4, -0.2) is 60.4 Å². The van der Waals surface area contributed by atoms with Crippen LogP contribution >= 0.6 is 0 Å². The molecule has 1 N–H and O–H groups in total. The maximum atomic E-state index is 13.3. The molecule has 0 aromatic heterocycles. The normalized spacial score (nSPS) is 21.6. The van der Waals surface area contributed by atoms with Crippen molar-refractivity contribution in [2.75, 3.05) is 32.7 Å². The van der Waals surface area contributed by atoms with Crippen molar-refractivity contribution >= 4 is 11.8 Å². The Morgan fingerprint density at radius 3 is 2.67 bits per heavy atom. The molecule has 1 atom stereocenters. The molecule has 0 aliphatic carbocycles. The van der Waals surface area contributed by atoms with E-state index in [4.69, 9.17) is 0 Å². The number of hydrogen-bond donors (Lipinski definition) is 1. The number of nitrogens with zero attached hydrogens (tertiary/aromatic N) is 2. The summed E-state index contributed by atoms with van der Waals surface area (Å²) in [5, 5.41) is 3.35. The minimum atomic E-state index is -0.406. The van der Waals surface area contributed by atoms with E-state index in [-0.39, 0.29) is 11.8 Å². The number of rotatable bonds is 3. The molecular weight excluding hydrogens is 309 g/mol. The first-order chi connectivity index (χ1) is 11.6. The summed E-state index contributed by atoms with van der Waals surface area (Å²) in [7, 11) is 0. The molecule has 1 aromatic carbocycles. The molecule has 2 saturated heterocycles. The Kier molecular flexibility index (Phi) is 5.45. The Hall–Kier alpha value is -1.95. The SMILES string of the molecule is O=C(CC1CCCN1)N1CCCN(C(=O)c2cccc(F)c2)CC1. The molecule has 3 rings (SSSR count). The van der Waals surface area contributed by atoms with Gasteiger partial charge in [0.1, 0.15) is 5.82 Å². The fourth-order valence-corrected chi connectivity index (χ4v) is 3.44. The van der Waals surface area contributed by atoms with E-state index in [2.05, 4.69) is 5.32 Å². The highest BCUT2D eigenvalue weighted by atomic mass is 19.1. The molecule has 0 saturated carbocycles. The van der Waals surface area contributed by atoms with E-state index in [0.717, 1.165) is 25.8 Å². The number of carbonyl (C=O) groups excluding carboxylic acids is 2. The molecule has 6 heteroatoms. The zero-order chi connectivity index (χ0) is 16.9. The van der Waals surface area contributed by atoms with Gasteiger partial charge in [-0.2, -0.15) is 0 Å². The highest BCUT2D eigenvalue weighted by molar-refractivity contribution is 5.94. The van der Waals surface area contributed by atoms with Crippen molar-refractivity contribution in [3.63, 3.8) is 0 Å². The van der Waals surface area contributed by atoms with E-state index in [1.54, 1.807) is 17.0 Å². The third kappa shape index (κ3) is 4.12. The fourth-order valence-electron chi connectivity index (χ4n) is 3.44. The average molecular weight is 333 g/mol. The van der Waals surface area contributed by atoms with Crippen molar-refractivity contribution in [1.29, 1.82) is 0 Å². The first kappa shape index (κ1) is 16.9. The fraction of sp³-hybridized carbons (Fsp3) is 0.556. The van der Waals surface area contributed by atoms with Gasteiger partial charge in [-0.25, -0.2) is 4.39 Å². The first-order valence-corrected chi connectivity index (χ1v) is 8.69. The second kappa shape index (κ2) is 7.75. The van der Waals surface area contributed by atoms with Crippen molar-refractivity contribution in [3.05, 3.63) is 35.6 Å². The first-order valence-electron chi connectivity index (χ1n) is 8.69. The lowest BCUT2D eigenvalue weighted by Crippen LogP contribution is -2.39. The largest absolute Gasteiger partial charge is 0.341 e. The Bertz CT molecular complexity index is 602. The average Bonchev–Trinajstić information content (AvgIpc) is 2.95. The van der Waals surface area contributed by atoms with E-state index >= 15 is 0 Å². The Balaban J connectivity index is 1.56. The molecule has 1 aromatic rings. The molecule has 0 radical (unpaired) electrons. The summed E-state index contributed by atoms with van der Waals surface area (Å²) in [4.78, 5) is 28.5. The maximum Gasteiger partial charge on any atom is 0.254 e. The van der Waals surface area contributed by atoms with Gasteiger partial charge in [0, 0.05) is 44.2 Å². The van der Waals surface area contributed by atoms with Crippen LogP contribution in [0.5, 0.6) is 0 Å². The predicted octanol–water partition coefficient (Wildman–Crippen LogP) is 1.64. The van der Waals surface area contributed by atoms with Gasteiger partial charge in [-0.05, 0) is 44.0 Å². The molecule has 2 amide bonds. The number of nitrogens with one attached hydrogen (secondary N) is 1. The molecule has 1 unspecified atom stereocenters. The topological polar surface area (TPSA) is 52.7 Å². The summed E-state index contributed by atoms with van der Waals surface area (Å²) >= 11 is 0. The maximum absolute atomic E-state index is 13.3. The summed E-state index contributed by atoms with van der Waals surface area (Å²) in [5.41, 5.74) is 0.366. The predicted molar refractivity (Wildman–Crippen MR) is 89.1 cm³/mol. The van der Waals surface area contributed by atoms with Gasteiger partial charge in [0.25, 0.3) is 5.91 Å². The van der Waals surface area contributed by atoms with Gasteiger partial charge in [0.2, 0.25) is 5.91 Å². The lowest BCUT2D eigenvalue weighted by Gasteiger charge is -2.23. The minimum Gasteiger partial charge on any atom is -0.341 e. The highest BCUT2D eigenvalue weighted by Gasteiger charge is 2.25. The van der Waals surface area contributed by atoms with Crippen LogP contribution in [0.25, 0.3) is 0 Å². The minimum absolute atomic E-state index is 0.162. The Morgan fingerprint density at radius 1 is 1.12 bits per heavy atom. The van der Waals surface area contributed by atoms with Crippen molar-refractivity contribution in [2.24, 2.45) is 0 Å². The van der Waals surface area contributed by atoms with Crippen LogP contribution in [0, 0.1) is 5.82 Å². The number of hydrogen-bond acceptors (Lipinski definition) is 3. The van der Waals surface area contributed by atoms with Gasteiger partial charge in [-0.15, -0.1) is 0 Å². The second-order valence-electron chi connectivity index (χ2n) is 6.53. The van der Waals surface area contributed by atoms with Crippen LogP contribution in [0.4, 0.5) is 4.39 Å². The van der Waals surface area contributed by atoms with E-state index < -0.39 is 5.82 Å². The number of amides is 2. The van der Waals surface area contributed by atoms with Crippen molar-refractivity contribution in [2.45, 2.75) is 31.7 Å². The Labute approximate surface area is 141 Å². The quantitative estimate of drug-likeness (QED) is 0.915. The Morgan fingerprint density at radius 2 is 1.92 bits per heavy atom. The molecule has 0 bridgehead atoms. The summed E-state index contributed by atoms with van der Waals surface area (Å²) < 4.78 is 13.3. The third-order valence-electron chi connectivity index (χ3n) is 4.79. The third-order valence-corrected chi connectivity index (χ3v) is 4.79. The van der Waals surface area contributed by atoms with Crippen molar-refractivity contribution < 1.29 is 14.0 Å². The number of carbonyl (C=O) groups is 2. The van der Waals surface area contributed by atoms with Crippen LogP contribution in [0.3, 0.4) is 0 Å². The zero-order valence-corrected chi connectivity index (χ0v) is 13.8. The summed E-state index contributed by atoms with van der Waals surface area (Å²) in [5.74, 6) is -0.410. The molecule has 2 aliphatic heterocycles. The molecule has 2 heterocycles. The van der Waals surface area contributed by atoms with Crippen LogP contribution in [0.1, 0.15) is 36.0 Å². The molecule has 130 valence electrons. The van der Waals surface area contributed by atoms with Gasteiger partial charge in [0.15, 0.2) is 0 Å². The summed E-state index contributed by atoms with van der Waals surface area (Å²) in [6.45, 7) is 3.32. The van der Waals surface area contributed by atoms with E-state index in [1.807, 2.05) is 4.90 Å². The molecule has 2 fully saturated rings. The van der Waals surface area contributed by atoms with E-state index in [9.17, 15) is 14.0 Å². The van der Waals surface area contributed by atoms with Crippen molar-refractivity contribution in [1.82, 2.24) is 15.1 Å². The van der Waals surface area contributed by atoms with Gasteiger partial charge in [-0.1, -0.05) is 6.07 Å². The smallest absolute Gasteiger partial charge is 0.254 e. The highest BCUT2D eigenvalue weighted by Crippen LogP contribution is 2.14. The molecule has 0 spiro atoms. The lowest BCUT2D eigenvalue weighted by molar-refractivity contribution is -0.131. The summed E-state index contributed by atoms with van der Waals surface area (Å²) in [6, 6.07) is 6.07. The van der Waals surface area contributed by atoms with Gasteiger partial charge < -0.3 is 15.1 Å². The molecule has 5 nitrogen and oxygen atoms in total. The van der Waals surface area contributed by atoms with Gasteiger partial charge in [0.05, 0.1) is 0 Å². The molecule has 2 aliphatic rings. The van der Waals surface area contributed by atoms with E-state index in [1.165, 1.54) is 12.1 Å². The van der Waals surface area contributed by atoms with Crippen LogP contribution in [-0.2, 0) is 4.79 Å². The van der Waals surface area contributed by atoms with Gasteiger partial charge >= 0.3 is 0 Å². The van der Waals surface area contributed by atoms with Crippen LogP contribution in [0.2, 0.25) is 0 Å². The standard InChI is InChI=1S/C18H24FN3O2/c19-15-5-1-4-14(12-15)18(24)22-9-3-8-21(10-11-22)17(23)13-16-6-2-7-20-16/h1,4-5,12,16,20H,2-3,6-11,13H2. The van der Waals surface area contributed by atoms with Gasteiger partial charge in [-0.3, -0.25) is 9.59 Å². The molecular formula is C18H24FN3O2. The second-order valence-corrected chi connectivity index (χ2v) is 6.53. The van der Waals surface area contributed by atoms with Crippen LogP contribution < -0.4 is 5.32 Å². The number of halogens is 1. The molecule has 24 heavy (non-hydrogen) atoms. The number of benzene rings is 1. The zero-order valence-electron chi connectivity index (χ0n) is 13.8. The monoisotopic (exact) mass is 333 g/mol. The van der Waals surface area contributed by atoms with Crippen molar-refractivity contribution in [3.8, 4) is 0 Å². The summed E-state index contributed by atoms with van der Waals surface area (Å²) in [6.07, 6.45) is 3.49.